The van der Waals surface area contributed by atoms with Crippen LogP contribution in [-0.2, 0) is 9.53 Å². The van der Waals surface area contributed by atoms with Crippen LogP contribution in [0.2, 0.25) is 5.02 Å². The number of carbonyl (C=O) groups excluding carboxylic acids is 1. The summed E-state index contributed by atoms with van der Waals surface area (Å²) in [6.45, 7) is 5.49. The maximum Gasteiger partial charge on any atom is 0.228 e. The Labute approximate surface area is 160 Å². The largest absolute Gasteiger partial charge is 0.487 e. The number of para-hydroxylation sites is 1. The van der Waals surface area contributed by atoms with Crippen molar-refractivity contribution in [2.24, 2.45) is 11.3 Å². The second-order valence-corrected chi connectivity index (χ2v) is 6.93. The van der Waals surface area contributed by atoms with Gasteiger partial charge in [-0.1, -0.05) is 17.7 Å². The minimum atomic E-state index is 0. The van der Waals surface area contributed by atoms with Crippen molar-refractivity contribution in [2.45, 2.75) is 26.2 Å². The molecule has 1 saturated heterocycles. The number of hydrogen-bond donors (Lipinski definition) is 2. The SMILES string of the molecule is CCOCCOc1c(Cl)cccc1NC(=O)C1CC12CCNCC2.Cl. The Morgan fingerprint density at radius 1 is 1.36 bits per heavy atom. The van der Waals surface area contributed by atoms with E-state index >= 15 is 0 Å². The number of rotatable bonds is 7. The van der Waals surface area contributed by atoms with E-state index in [4.69, 9.17) is 21.1 Å². The van der Waals surface area contributed by atoms with Crippen LogP contribution >= 0.6 is 24.0 Å². The molecule has 0 aromatic heterocycles. The Bertz CT molecular complexity index is 592. The summed E-state index contributed by atoms with van der Waals surface area (Å²) < 4.78 is 11.0. The monoisotopic (exact) mass is 388 g/mol. The van der Waals surface area contributed by atoms with Crippen LogP contribution < -0.4 is 15.4 Å². The highest BCUT2D eigenvalue weighted by Gasteiger charge is 2.57. The van der Waals surface area contributed by atoms with Crippen LogP contribution in [0.5, 0.6) is 5.75 Å². The first-order valence-electron chi connectivity index (χ1n) is 8.67. The van der Waals surface area contributed by atoms with Gasteiger partial charge in [0, 0.05) is 12.5 Å². The highest BCUT2D eigenvalue weighted by Crippen LogP contribution is 2.59. The fraction of sp³-hybridized carbons (Fsp3) is 0.611. The maximum absolute atomic E-state index is 12.6. The summed E-state index contributed by atoms with van der Waals surface area (Å²) in [5, 5.41) is 6.87. The number of carbonyl (C=O) groups is 1. The normalized spacial score (nSPS) is 20.6. The number of nitrogens with one attached hydrogen (secondary N) is 2. The molecule has 1 heterocycles. The number of ether oxygens (including phenoxy) is 2. The number of halogens is 2. The van der Waals surface area contributed by atoms with Gasteiger partial charge in [-0.25, -0.2) is 0 Å². The van der Waals surface area contributed by atoms with Crippen molar-refractivity contribution in [1.29, 1.82) is 0 Å². The van der Waals surface area contributed by atoms with Gasteiger partial charge in [0.1, 0.15) is 6.61 Å². The van der Waals surface area contributed by atoms with Crippen molar-refractivity contribution in [1.82, 2.24) is 5.32 Å². The van der Waals surface area contributed by atoms with Crippen LogP contribution in [0.25, 0.3) is 0 Å². The maximum atomic E-state index is 12.6. The first kappa shape index (κ1) is 20.3. The summed E-state index contributed by atoms with van der Waals surface area (Å²) in [5.41, 5.74) is 0.851. The lowest BCUT2D eigenvalue weighted by Crippen LogP contribution is -2.31. The Kier molecular flexibility index (Phi) is 7.37. The number of hydrogen-bond acceptors (Lipinski definition) is 4. The first-order chi connectivity index (χ1) is 11.7. The second-order valence-electron chi connectivity index (χ2n) is 6.52. The summed E-state index contributed by atoms with van der Waals surface area (Å²) in [4.78, 5) is 12.6. The van der Waals surface area contributed by atoms with E-state index in [-0.39, 0.29) is 29.6 Å². The van der Waals surface area contributed by atoms with E-state index < -0.39 is 0 Å². The van der Waals surface area contributed by atoms with E-state index in [2.05, 4.69) is 10.6 Å². The zero-order chi connectivity index (χ0) is 17.0. The molecule has 2 fully saturated rings. The van der Waals surface area contributed by atoms with Crippen LogP contribution in [0.15, 0.2) is 18.2 Å². The number of anilines is 1. The topological polar surface area (TPSA) is 59.6 Å². The van der Waals surface area contributed by atoms with Crippen LogP contribution in [0.1, 0.15) is 26.2 Å². The lowest BCUT2D eigenvalue weighted by Gasteiger charge is -2.23. The number of benzene rings is 1. The molecule has 1 aliphatic carbocycles. The summed E-state index contributed by atoms with van der Waals surface area (Å²) in [6, 6.07) is 5.41. The second kappa shape index (κ2) is 9.08. The van der Waals surface area contributed by atoms with Crippen molar-refractivity contribution in [3.05, 3.63) is 23.2 Å². The van der Waals surface area contributed by atoms with E-state index in [0.717, 1.165) is 32.4 Å². The van der Waals surface area contributed by atoms with Crippen molar-refractivity contribution in [2.75, 3.05) is 38.2 Å². The van der Waals surface area contributed by atoms with Crippen LogP contribution in [0.4, 0.5) is 5.69 Å². The van der Waals surface area contributed by atoms with E-state index in [1.165, 1.54) is 0 Å². The smallest absolute Gasteiger partial charge is 0.228 e. The standard InChI is InChI=1S/C18H25ClN2O3.ClH/c1-2-23-10-11-24-16-14(19)4-3-5-15(16)21-17(22)13-12-18(13)6-8-20-9-7-18;/h3-5,13,20H,2,6-12H2,1H3,(H,21,22);1H. The molecule has 1 atom stereocenters. The summed E-state index contributed by atoms with van der Waals surface area (Å²) >= 11 is 6.24. The minimum Gasteiger partial charge on any atom is -0.487 e. The van der Waals surface area contributed by atoms with Gasteiger partial charge < -0.3 is 20.1 Å². The Morgan fingerprint density at radius 2 is 2.12 bits per heavy atom. The molecule has 0 radical (unpaired) electrons. The van der Waals surface area contributed by atoms with Crippen LogP contribution in [0.3, 0.4) is 0 Å². The molecule has 5 nitrogen and oxygen atoms in total. The van der Waals surface area contributed by atoms with Gasteiger partial charge in [-0.3, -0.25) is 4.79 Å². The summed E-state index contributed by atoms with van der Waals surface area (Å²) in [5.74, 6) is 0.705. The minimum absolute atomic E-state index is 0. The zero-order valence-corrected chi connectivity index (χ0v) is 16.0. The van der Waals surface area contributed by atoms with E-state index in [9.17, 15) is 4.79 Å². The predicted molar refractivity (Wildman–Crippen MR) is 102 cm³/mol. The molecule has 25 heavy (non-hydrogen) atoms. The molecule has 1 aromatic carbocycles. The fourth-order valence-corrected chi connectivity index (χ4v) is 3.75. The zero-order valence-electron chi connectivity index (χ0n) is 14.5. The summed E-state index contributed by atoms with van der Waals surface area (Å²) in [6.07, 6.45) is 3.15. The van der Waals surface area contributed by atoms with Crippen LogP contribution in [-0.4, -0.2) is 38.8 Å². The van der Waals surface area contributed by atoms with Gasteiger partial charge in [-0.05, 0) is 56.8 Å². The third kappa shape index (κ3) is 4.79. The van der Waals surface area contributed by atoms with Gasteiger partial charge in [-0.15, -0.1) is 12.4 Å². The average molecular weight is 389 g/mol. The molecule has 7 heteroatoms. The van der Waals surface area contributed by atoms with Gasteiger partial charge in [0.05, 0.1) is 17.3 Å². The highest BCUT2D eigenvalue weighted by atomic mass is 35.5. The molecule has 2 N–H and O–H groups in total. The highest BCUT2D eigenvalue weighted by molar-refractivity contribution is 6.32. The third-order valence-corrected chi connectivity index (χ3v) is 5.31. The molecule has 1 aliphatic heterocycles. The first-order valence-corrected chi connectivity index (χ1v) is 9.05. The lowest BCUT2D eigenvalue weighted by atomic mass is 9.92. The number of piperidine rings is 1. The molecule has 1 saturated carbocycles. The predicted octanol–water partition coefficient (Wildman–Crippen LogP) is 3.51. The van der Waals surface area contributed by atoms with E-state index in [1.54, 1.807) is 6.07 Å². The van der Waals surface area contributed by atoms with Crippen LogP contribution in [0, 0.1) is 11.3 Å². The van der Waals surface area contributed by atoms with Gasteiger partial charge in [0.15, 0.2) is 5.75 Å². The summed E-state index contributed by atoms with van der Waals surface area (Å²) in [7, 11) is 0. The van der Waals surface area contributed by atoms with Gasteiger partial charge in [0.25, 0.3) is 0 Å². The molecule has 140 valence electrons. The molecular weight excluding hydrogens is 363 g/mol. The average Bonchev–Trinajstić information content (AvgIpc) is 3.27. The van der Waals surface area contributed by atoms with E-state index in [1.807, 2.05) is 19.1 Å². The molecule has 0 bridgehead atoms. The van der Waals surface area contributed by atoms with Gasteiger partial charge in [0.2, 0.25) is 5.91 Å². The molecule has 1 unspecified atom stereocenters. The molecule has 1 spiro atoms. The Hall–Kier alpha value is -1.01. The van der Waals surface area contributed by atoms with Gasteiger partial charge >= 0.3 is 0 Å². The molecule has 1 aromatic rings. The molecule has 3 rings (SSSR count). The van der Waals surface area contributed by atoms with Crippen molar-refractivity contribution in [3.63, 3.8) is 0 Å². The van der Waals surface area contributed by atoms with Crippen molar-refractivity contribution in [3.8, 4) is 5.75 Å². The Balaban J connectivity index is 0.00000225. The van der Waals surface area contributed by atoms with E-state index in [0.29, 0.717) is 36.3 Å². The van der Waals surface area contributed by atoms with Gasteiger partial charge in [-0.2, -0.15) is 0 Å². The molecular formula is C18H26Cl2N2O3. The lowest BCUT2D eigenvalue weighted by molar-refractivity contribution is -0.118. The van der Waals surface area contributed by atoms with Crippen molar-refractivity contribution >= 4 is 35.6 Å². The third-order valence-electron chi connectivity index (χ3n) is 5.01. The van der Waals surface area contributed by atoms with Crippen molar-refractivity contribution < 1.29 is 14.3 Å². The number of amides is 1. The quantitative estimate of drug-likeness (QED) is 0.701. The molecule has 1 amide bonds. The Morgan fingerprint density at radius 3 is 2.84 bits per heavy atom. The fourth-order valence-electron chi connectivity index (χ4n) is 3.52. The molecule has 2 aliphatic rings.